The van der Waals surface area contributed by atoms with Crippen LogP contribution in [0.4, 0.5) is 5.82 Å². The van der Waals surface area contributed by atoms with E-state index in [1.165, 1.54) is 0 Å². The van der Waals surface area contributed by atoms with Crippen LogP contribution in [0.1, 0.15) is 11.1 Å². The molecule has 1 heterocycles. The number of aromatic nitrogens is 1. The minimum Gasteiger partial charge on any atom is -0.495 e. The summed E-state index contributed by atoms with van der Waals surface area (Å²) in [7, 11) is 1.61. The van der Waals surface area contributed by atoms with Gasteiger partial charge in [-0.3, -0.25) is 0 Å². The Balaban J connectivity index is 2.24. The van der Waals surface area contributed by atoms with Crippen LogP contribution in [0.2, 0.25) is 5.02 Å². The molecule has 0 bridgehead atoms. The van der Waals surface area contributed by atoms with E-state index in [-0.39, 0.29) is 0 Å². The molecule has 2 rings (SSSR count). The van der Waals surface area contributed by atoms with Crippen LogP contribution in [0, 0.1) is 0 Å². The Kier molecular flexibility index (Phi) is 3.49. The Bertz CT molecular complexity index is 529. The largest absolute Gasteiger partial charge is 0.495 e. The van der Waals surface area contributed by atoms with Crippen LogP contribution >= 0.6 is 11.6 Å². The maximum absolute atomic E-state index is 5.97. The van der Waals surface area contributed by atoms with Crippen LogP contribution in [0.3, 0.4) is 0 Å². The molecule has 3 nitrogen and oxygen atoms in total. The summed E-state index contributed by atoms with van der Waals surface area (Å²) in [6, 6.07) is 9.54. The molecule has 0 fully saturated rings. The third kappa shape index (κ3) is 2.88. The topological polar surface area (TPSA) is 48.1 Å². The molecule has 0 saturated heterocycles. The van der Waals surface area contributed by atoms with Gasteiger partial charge in [0, 0.05) is 6.20 Å². The van der Waals surface area contributed by atoms with Gasteiger partial charge in [0.2, 0.25) is 0 Å². The van der Waals surface area contributed by atoms with E-state index in [1.54, 1.807) is 13.3 Å². The Morgan fingerprint density at radius 2 is 2.00 bits per heavy atom. The van der Waals surface area contributed by atoms with E-state index in [0.717, 1.165) is 17.5 Å². The molecule has 0 amide bonds. The predicted octanol–water partition coefficient (Wildman–Crippen LogP) is 2.92. The van der Waals surface area contributed by atoms with Crippen LogP contribution in [0.25, 0.3) is 0 Å². The molecule has 0 saturated carbocycles. The Morgan fingerprint density at radius 3 is 2.71 bits per heavy atom. The number of pyridine rings is 1. The third-order valence-electron chi connectivity index (χ3n) is 2.47. The lowest BCUT2D eigenvalue weighted by molar-refractivity contribution is 0.414. The molecule has 88 valence electrons. The number of rotatable bonds is 3. The number of halogens is 1. The van der Waals surface area contributed by atoms with Gasteiger partial charge in [-0.15, -0.1) is 0 Å². The second-order valence-electron chi connectivity index (χ2n) is 3.73. The number of nitrogens with zero attached hydrogens (tertiary/aromatic N) is 1. The molecule has 1 aromatic carbocycles. The van der Waals surface area contributed by atoms with Gasteiger partial charge in [0.1, 0.15) is 11.6 Å². The lowest BCUT2D eigenvalue weighted by Crippen LogP contribution is -1.94. The number of hydrogen-bond acceptors (Lipinski definition) is 3. The predicted molar refractivity (Wildman–Crippen MR) is 69.5 cm³/mol. The molecule has 0 atom stereocenters. The molecule has 17 heavy (non-hydrogen) atoms. The van der Waals surface area contributed by atoms with Crippen LogP contribution in [0.15, 0.2) is 36.5 Å². The molecule has 0 aliphatic carbocycles. The number of benzene rings is 1. The first-order chi connectivity index (χ1) is 8.19. The monoisotopic (exact) mass is 248 g/mol. The molecule has 1 aromatic heterocycles. The van der Waals surface area contributed by atoms with E-state index < -0.39 is 0 Å². The van der Waals surface area contributed by atoms with Crippen molar-refractivity contribution in [1.82, 2.24) is 4.98 Å². The first-order valence-corrected chi connectivity index (χ1v) is 5.59. The van der Waals surface area contributed by atoms with E-state index in [0.29, 0.717) is 16.6 Å². The highest BCUT2D eigenvalue weighted by Gasteiger charge is 2.03. The SMILES string of the molecule is COc1cc(Cc2ccnc(N)c2)ccc1Cl. The Hall–Kier alpha value is -1.74. The fourth-order valence-corrected chi connectivity index (χ4v) is 1.85. The molecule has 0 aliphatic rings. The average Bonchev–Trinajstić information content (AvgIpc) is 2.32. The summed E-state index contributed by atoms with van der Waals surface area (Å²) in [6.07, 6.45) is 2.48. The van der Waals surface area contributed by atoms with E-state index in [4.69, 9.17) is 22.1 Å². The lowest BCUT2D eigenvalue weighted by atomic mass is 10.1. The second-order valence-corrected chi connectivity index (χ2v) is 4.14. The van der Waals surface area contributed by atoms with Crippen molar-refractivity contribution in [2.75, 3.05) is 12.8 Å². The van der Waals surface area contributed by atoms with Crippen molar-refractivity contribution in [3.8, 4) is 5.75 Å². The van der Waals surface area contributed by atoms with Gasteiger partial charge in [0.15, 0.2) is 0 Å². The summed E-state index contributed by atoms with van der Waals surface area (Å²) < 4.78 is 5.18. The van der Waals surface area contributed by atoms with Gasteiger partial charge in [0.25, 0.3) is 0 Å². The smallest absolute Gasteiger partial charge is 0.137 e. The van der Waals surface area contributed by atoms with Gasteiger partial charge in [-0.05, 0) is 41.8 Å². The van der Waals surface area contributed by atoms with Crippen LogP contribution in [-0.4, -0.2) is 12.1 Å². The summed E-state index contributed by atoms with van der Waals surface area (Å²) in [5.74, 6) is 1.22. The van der Waals surface area contributed by atoms with Crippen molar-refractivity contribution in [2.24, 2.45) is 0 Å². The van der Waals surface area contributed by atoms with Crippen molar-refractivity contribution in [3.63, 3.8) is 0 Å². The summed E-state index contributed by atoms with van der Waals surface area (Å²) in [5.41, 5.74) is 7.87. The van der Waals surface area contributed by atoms with Crippen LogP contribution in [-0.2, 0) is 6.42 Å². The zero-order valence-corrected chi connectivity index (χ0v) is 10.2. The van der Waals surface area contributed by atoms with E-state index >= 15 is 0 Å². The normalized spacial score (nSPS) is 10.2. The summed E-state index contributed by atoms with van der Waals surface area (Å²) >= 11 is 5.97. The highest BCUT2D eigenvalue weighted by molar-refractivity contribution is 6.32. The van der Waals surface area contributed by atoms with Crippen molar-refractivity contribution in [3.05, 3.63) is 52.7 Å². The Labute approximate surface area is 105 Å². The highest BCUT2D eigenvalue weighted by atomic mass is 35.5. The first-order valence-electron chi connectivity index (χ1n) is 5.22. The third-order valence-corrected chi connectivity index (χ3v) is 2.78. The minimum atomic E-state index is 0.531. The van der Waals surface area contributed by atoms with Gasteiger partial charge in [-0.1, -0.05) is 17.7 Å². The number of hydrogen-bond donors (Lipinski definition) is 1. The maximum Gasteiger partial charge on any atom is 0.137 e. The fraction of sp³-hybridized carbons (Fsp3) is 0.154. The summed E-state index contributed by atoms with van der Waals surface area (Å²) in [4.78, 5) is 3.96. The van der Waals surface area contributed by atoms with Gasteiger partial charge in [-0.2, -0.15) is 0 Å². The number of methoxy groups -OCH3 is 1. The summed E-state index contributed by atoms with van der Waals surface area (Å²) in [6.45, 7) is 0. The molecule has 0 aliphatic heterocycles. The minimum absolute atomic E-state index is 0.531. The molecular weight excluding hydrogens is 236 g/mol. The van der Waals surface area contributed by atoms with Gasteiger partial charge >= 0.3 is 0 Å². The Morgan fingerprint density at radius 1 is 1.24 bits per heavy atom. The van der Waals surface area contributed by atoms with Crippen molar-refractivity contribution < 1.29 is 4.74 Å². The first kappa shape index (κ1) is 11.7. The zero-order chi connectivity index (χ0) is 12.3. The molecular formula is C13H13ClN2O. The van der Waals surface area contributed by atoms with E-state index in [2.05, 4.69) is 4.98 Å². The number of nitrogen functional groups attached to an aromatic ring is 1. The molecule has 0 spiro atoms. The highest BCUT2D eigenvalue weighted by Crippen LogP contribution is 2.26. The lowest BCUT2D eigenvalue weighted by Gasteiger charge is -2.07. The van der Waals surface area contributed by atoms with Gasteiger partial charge in [0.05, 0.1) is 12.1 Å². The van der Waals surface area contributed by atoms with Crippen molar-refractivity contribution in [2.45, 2.75) is 6.42 Å². The number of anilines is 1. The average molecular weight is 249 g/mol. The summed E-state index contributed by atoms with van der Waals surface area (Å²) in [5, 5.41) is 0.616. The van der Waals surface area contributed by atoms with E-state index in [1.807, 2.05) is 30.3 Å². The zero-order valence-electron chi connectivity index (χ0n) is 9.48. The molecule has 0 radical (unpaired) electrons. The number of nitrogens with two attached hydrogens (primary N) is 1. The fourth-order valence-electron chi connectivity index (χ4n) is 1.65. The van der Waals surface area contributed by atoms with Crippen molar-refractivity contribution >= 4 is 17.4 Å². The quantitative estimate of drug-likeness (QED) is 0.909. The molecule has 2 aromatic rings. The molecule has 0 unspecified atom stereocenters. The molecule has 2 N–H and O–H groups in total. The van der Waals surface area contributed by atoms with Gasteiger partial charge in [-0.25, -0.2) is 4.98 Å². The van der Waals surface area contributed by atoms with Crippen LogP contribution in [0.5, 0.6) is 5.75 Å². The number of ether oxygens (including phenoxy) is 1. The maximum atomic E-state index is 5.97. The van der Waals surface area contributed by atoms with Crippen molar-refractivity contribution in [1.29, 1.82) is 0 Å². The van der Waals surface area contributed by atoms with E-state index in [9.17, 15) is 0 Å². The standard InChI is InChI=1S/C13H13ClN2O/c1-17-12-7-9(2-3-11(12)14)6-10-4-5-16-13(15)8-10/h2-5,7-8H,6H2,1H3,(H2,15,16). The second kappa shape index (κ2) is 5.06. The van der Waals surface area contributed by atoms with Gasteiger partial charge < -0.3 is 10.5 Å². The molecule has 4 heteroatoms. The van der Waals surface area contributed by atoms with Crippen LogP contribution < -0.4 is 10.5 Å².